The zero-order valence-corrected chi connectivity index (χ0v) is 15.3. The molecule has 0 aliphatic heterocycles. The van der Waals surface area contributed by atoms with Gasteiger partial charge in [0, 0.05) is 5.92 Å². The average Bonchev–Trinajstić information content (AvgIpc) is 3.05. The zero-order valence-electron chi connectivity index (χ0n) is 15.3. The molecule has 0 spiro atoms. The van der Waals surface area contributed by atoms with E-state index in [4.69, 9.17) is 4.74 Å². The Morgan fingerprint density at radius 3 is 2.00 bits per heavy atom. The lowest BCUT2D eigenvalue weighted by Gasteiger charge is -2.17. The van der Waals surface area contributed by atoms with Crippen molar-refractivity contribution >= 4 is 12.1 Å². The van der Waals surface area contributed by atoms with Crippen molar-refractivity contribution in [2.75, 3.05) is 6.61 Å². The Kier molecular flexibility index (Phi) is 5.08. The fourth-order valence-corrected chi connectivity index (χ4v) is 3.68. The van der Waals surface area contributed by atoms with E-state index in [0.29, 0.717) is 0 Å². The van der Waals surface area contributed by atoms with Crippen molar-refractivity contribution in [3.05, 3.63) is 95.3 Å². The minimum atomic E-state index is -1.76. The first kappa shape index (κ1) is 18.8. The fraction of sp³-hybridized carbons (Fsp3) is 0.130. The van der Waals surface area contributed by atoms with Gasteiger partial charge in [0.05, 0.1) is 0 Å². The number of carbonyl (C=O) groups excluding carboxylic acids is 2. The summed E-state index contributed by atoms with van der Waals surface area (Å²) in [6, 6.07) is 17.1. The Morgan fingerprint density at radius 1 is 0.897 bits per heavy atom. The number of halogens is 2. The van der Waals surface area contributed by atoms with Crippen molar-refractivity contribution in [2.45, 2.75) is 12.0 Å². The van der Waals surface area contributed by atoms with Crippen molar-refractivity contribution in [1.82, 2.24) is 5.32 Å². The third-order valence-electron chi connectivity index (χ3n) is 5.04. The maximum atomic E-state index is 13.4. The van der Waals surface area contributed by atoms with E-state index in [1.807, 2.05) is 48.5 Å². The Hall–Kier alpha value is -3.54. The van der Waals surface area contributed by atoms with Crippen LogP contribution in [0.1, 0.15) is 28.7 Å². The quantitative estimate of drug-likeness (QED) is 0.627. The molecule has 0 saturated carbocycles. The van der Waals surface area contributed by atoms with Crippen LogP contribution in [0, 0.1) is 5.82 Å². The van der Waals surface area contributed by atoms with Gasteiger partial charge in [-0.2, -0.15) is 4.39 Å². The summed E-state index contributed by atoms with van der Waals surface area (Å²) in [6.45, 7) is 0.0382. The Labute approximate surface area is 166 Å². The van der Waals surface area contributed by atoms with Crippen LogP contribution < -0.4 is 5.32 Å². The smallest absolute Gasteiger partial charge is 0.408 e. The van der Waals surface area contributed by atoms with Gasteiger partial charge < -0.3 is 10.1 Å². The Morgan fingerprint density at radius 2 is 1.45 bits per heavy atom. The van der Waals surface area contributed by atoms with E-state index >= 15 is 0 Å². The summed E-state index contributed by atoms with van der Waals surface area (Å²) in [5.74, 6) is -0.682. The normalized spacial score (nSPS) is 13.3. The lowest BCUT2D eigenvalue weighted by Crippen LogP contribution is -2.33. The molecule has 29 heavy (non-hydrogen) atoms. The van der Waals surface area contributed by atoms with Gasteiger partial charge in [-0.3, -0.25) is 4.79 Å². The number of amides is 1. The Bertz CT molecular complexity index is 1020. The van der Waals surface area contributed by atoms with E-state index in [-0.39, 0.29) is 18.1 Å². The van der Waals surface area contributed by atoms with Crippen LogP contribution in [-0.4, -0.2) is 18.7 Å². The van der Waals surface area contributed by atoms with Crippen molar-refractivity contribution in [1.29, 1.82) is 0 Å². The highest BCUT2D eigenvalue weighted by atomic mass is 19.1. The largest absolute Gasteiger partial charge is 0.449 e. The molecule has 0 unspecified atom stereocenters. The van der Waals surface area contributed by atoms with Crippen LogP contribution >= 0.6 is 0 Å². The standard InChI is InChI=1S/C23H17F2NO3/c24-15-11-9-14(10-12-15)21(22(25)27)26-23(28)29-13-20-18-7-3-1-5-16(18)17-6-2-4-8-19(17)20/h1-12,20-21H,13H2,(H,26,28)/t21-/m0/s1. The molecule has 1 amide bonds. The van der Waals surface area contributed by atoms with Gasteiger partial charge in [-0.25, -0.2) is 9.18 Å². The number of nitrogens with one attached hydrogen (secondary N) is 1. The first-order valence-electron chi connectivity index (χ1n) is 9.11. The lowest BCUT2D eigenvalue weighted by atomic mass is 9.98. The molecule has 0 radical (unpaired) electrons. The summed E-state index contributed by atoms with van der Waals surface area (Å²) in [6.07, 6.45) is -0.924. The van der Waals surface area contributed by atoms with Crippen LogP contribution in [0.2, 0.25) is 0 Å². The SMILES string of the molecule is O=C(N[C@H](C(=O)F)c1ccc(F)cc1)OCC1c2ccccc2-c2ccccc21. The van der Waals surface area contributed by atoms with Crippen molar-refractivity contribution in [3.8, 4) is 11.1 Å². The van der Waals surface area contributed by atoms with Gasteiger partial charge in [0.15, 0.2) is 0 Å². The third-order valence-corrected chi connectivity index (χ3v) is 5.04. The number of fused-ring (bicyclic) bond motifs is 3. The second kappa shape index (κ2) is 7.83. The molecule has 0 saturated heterocycles. The minimum absolute atomic E-state index is 0.0382. The van der Waals surface area contributed by atoms with Gasteiger partial charge in [-0.15, -0.1) is 0 Å². The van der Waals surface area contributed by atoms with Crippen LogP contribution in [0.4, 0.5) is 13.6 Å². The minimum Gasteiger partial charge on any atom is -0.449 e. The van der Waals surface area contributed by atoms with Crippen molar-refractivity contribution in [2.24, 2.45) is 0 Å². The molecule has 1 N–H and O–H groups in total. The summed E-state index contributed by atoms with van der Waals surface area (Å²) in [7, 11) is 0. The molecule has 3 aromatic rings. The van der Waals surface area contributed by atoms with Gasteiger partial charge in [-0.1, -0.05) is 60.7 Å². The monoisotopic (exact) mass is 393 g/mol. The highest BCUT2D eigenvalue weighted by Crippen LogP contribution is 2.44. The van der Waals surface area contributed by atoms with E-state index in [2.05, 4.69) is 5.32 Å². The van der Waals surface area contributed by atoms with Crippen LogP contribution in [0.15, 0.2) is 72.8 Å². The van der Waals surface area contributed by atoms with E-state index in [0.717, 1.165) is 34.4 Å². The van der Waals surface area contributed by atoms with Crippen LogP contribution in [0.5, 0.6) is 0 Å². The third kappa shape index (κ3) is 3.74. The summed E-state index contributed by atoms with van der Waals surface area (Å²) >= 11 is 0. The molecule has 4 rings (SSSR count). The van der Waals surface area contributed by atoms with Gasteiger partial charge >= 0.3 is 12.1 Å². The molecule has 1 aliphatic carbocycles. The highest BCUT2D eigenvalue weighted by molar-refractivity contribution is 5.82. The lowest BCUT2D eigenvalue weighted by molar-refractivity contribution is -0.131. The highest BCUT2D eigenvalue weighted by Gasteiger charge is 2.30. The average molecular weight is 393 g/mol. The van der Waals surface area contributed by atoms with Crippen LogP contribution in [-0.2, 0) is 9.53 Å². The predicted octanol–water partition coefficient (Wildman–Crippen LogP) is 4.90. The number of hydrogen-bond donors (Lipinski definition) is 1. The van der Waals surface area contributed by atoms with Crippen LogP contribution in [0.3, 0.4) is 0 Å². The number of benzene rings is 3. The van der Waals surface area contributed by atoms with E-state index in [1.165, 1.54) is 12.1 Å². The maximum Gasteiger partial charge on any atom is 0.408 e. The molecule has 0 aromatic heterocycles. The van der Waals surface area contributed by atoms with Crippen molar-refractivity contribution < 1.29 is 23.1 Å². The number of hydrogen-bond acceptors (Lipinski definition) is 3. The second-order valence-electron chi connectivity index (χ2n) is 6.76. The molecule has 1 atom stereocenters. The fourth-order valence-electron chi connectivity index (χ4n) is 3.68. The van der Waals surface area contributed by atoms with Gasteiger partial charge in [0.2, 0.25) is 0 Å². The maximum absolute atomic E-state index is 13.4. The molecular weight excluding hydrogens is 376 g/mol. The molecule has 0 fully saturated rings. The molecular formula is C23H17F2NO3. The molecule has 1 aliphatic rings. The predicted molar refractivity (Wildman–Crippen MR) is 103 cm³/mol. The van der Waals surface area contributed by atoms with Crippen molar-refractivity contribution in [3.63, 3.8) is 0 Å². The molecule has 6 heteroatoms. The number of alkyl carbamates (subject to hydrolysis) is 1. The van der Waals surface area contributed by atoms with Gasteiger partial charge in [0.25, 0.3) is 0 Å². The first-order valence-corrected chi connectivity index (χ1v) is 9.11. The summed E-state index contributed by atoms with van der Waals surface area (Å²) in [4.78, 5) is 23.6. The summed E-state index contributed by atoms with van der Waals surface area (Å²) in [5, 5.41) is 2.22. The van der Waals surface area contributed by atoms with Crippen LogP contribution in [0.25, 0.3) is 11.1 Å². The first-order chi connectivity index (χ1) is 14.0. The molecule has 0 heterocycles. The van der Waals surface area contributed by atoms with Gasteiger partial charge in [-0.05, 0) is 39.9 Å². The molecule has 4 nitrogen and oxygen atoms in total. The summed E-state index contributed by atoms with van der Waals surface area (Å²) < 4.78 is 31.8. The molecule has 3 aromatic carbocycles. The van der Waals surface area contributed by atoms with E-state index in [1.54, 1.807) is 0 Å². The summed E-state index contributed by atoms with van der Waals surface area (Å²) in [5.41, 5.74) is 4.38. The second-order valence-corrected chi connectivity index (χ2v) is 6.76. The zero-order chi connectivity index (χ0) is 20.4. The van der Waals surface area contributed by atoms with E-state index in [9.17, 15) is 18.4 Å². The number of rotatable bonds is 5. The van der Waals surface area contributed by atoms with E-state index < -0.39 is 24.0 Å². The number of carbonyl (C=O) groups is 2. The molecule has 0 bridgehead atoms. The Balaban J connectivity index is 1.48. The topological polar surface area (TPSA) is 55.4 Å². The molecule has 146 valence electrons. The van der Waals surface area contributed by atoms with Gasteiger partial charge in [0.1, 0.15) is 18.5 Å². The number of ether oxygens (including phenoxy) is 1.